The van der Waals surface area contributed by atoms with Gasteiger partial charge in [-0.05, 0) is 6.92 Å². The summed E-state index contributed by atoms with van der Waals surface area (Å²) in [4.78, 5) is 0. The molecule has 2 heterocycles. The Morgan fingerprint density at radius 1 is 1.35 bits per heavy atom. The topological polar surface area (TPSA) is 91.9 Å². The molecule has 1 aromatic heterocycles. The summed E-state index contributed by atoms with van der Waals surface area (Å²) >= 11 is 0. The lowest BCUT2D eigenvalue weighted by Crippen LogP contribution is -2.42. The molecular weight excluding hydrogens is 299 g/mol. The van der Waals surface area contributed by atoms with Crippen LogP contribution < -0.4 is 0 Å². The second-order valence-corrected chi connectivity index (χ2v) is 6.49. The van der Waals surface area contributed by atoms with E-state index < -0.39 is 27.3 Å². The molecule has 2 rings (SSSR count). The Bertz CT molecular complexity index is 660. The van der Waals surface area contributed by atoms with E-state index >= 15 is 0 Å². The van der Waals surface area contributed by atoms with Crippen LogP contribution in [0.4, 0.5) is 13.2 Å². The van der Waals surface area contributed by atoms with Crippen molar-refractivity contribution >= 4 is 10.0 Å². The van der Waals surface area contributed by atoms with E-state index in [1.54, 1.807) is 6.07 Å². The van der Waals surface area contributed by atoms with E-state index in [1.807, 2.05) is 0 Å². The van der Waals surface area contributed by atoms with Gasteiger partial charge in [0.15, 0.2) is 5.25 Å². The zero-order valence-corrected chi connectivity index (χ0v) is 11.1. The smallest absolute Gasteiger partial charge is 0.305 e. The van der Waals surface area contributed by atoms with Crippen LogP contribution in [0.5, 0.6) is 0 Å². The summed E-state index contributed by atoms with van der Waals surface area (Å²) < 4.78 is 63.6. The number of sulfonamides is 1. The van der Waals surface area contributed by atoms with Crippen LogP contribution in [-0.4, -0.2) is 39.3 Å². The van der Waals surface area contributed by atoms with Crippen LogP contribution in [0.1, 0.15) is 18.6 Å². The first-order valence-corrected chi connectivity index (χ1v) is 7.06. The number of aromatic nitrogens is 3. The zero-order chi connectivity index (χ0) is 15.1. The first-order chi connectivity index (χ1) is 9.17. The van der Waals surface area contributed by atoms with E-state index in [2.05, 4.69) is 10.2 Å². The Balaban J connectivity index is 2.31. The van der Waals surface area contributed by atoms with Crippen LogP contribution in [0.25, 0.3) is 0 Å². The molecule has 0 bridgehead atoms. The largest absolute Gasteiger partial charge is 0.451 e. The summed E-state index contributed by atoms with van der Waals surface area (Å²) in [5.41, 5.74) is 0. The maximum absolute atomic E-state index is 12.6. The number of alkyl halides is 3. The summed E-state index contributed by atoms with van der Waals surface area (Å²) in [5, 5.41) is 13.8. The van der Waals surface area contributed by atoms with Gasteiger partial charge < -0.3 is 4.57 Å². The molecule has 0 aromatic carbocycles. The molecule has 0 spiro atoms. The van der Waals surface area contributed by atoms with Crippen LogP contribution >= 0.6 is 0 Å². The van der Waals surface area contributed by atoms with Crippen molar-refractivity contribution in [2.75, 3.05) is 6.54 Å². The number of rotatable bonds is 2. The molecule has 0 radical (unpaired) electrons. The van der Waals surface area contributed by atoms with Crippen LogP contribution in [0.15, 0.2) is 0 Å². The van der Waals surface area contributed by atoms with Crippen molar-refractivity contribution in [1.82, 2.24) is 19.1 Å². The lowest BCUT2D eigenvalue weighted by molar-refractivity contribution is -0.147. The first-order valence-electron chi connectivity index (χ1n) is 5.55. The fourth-order valence-electron chi connectivity index (χ4n) is 1.85. The predicted octanol–water partition coefficient (Wildman–Crippen LogP) is 0.354. The highest BCUT2D eigenvalue weighted by molar-refractivity contribution is 7.89. The minimum atomic E-state index is -4.63. The van der Waals surface area contributed by atoms with Gasteiger partial charge in [0.2, 0.25) is 15.8 Å². The molecular formula is C9H10F3N5O2S. The van der Waals surface area contributed by atoms with E-state index in [4.69, 9.17) is 5.26 Å². The molecule has 1 unspecified atom stereocenters. The van der Waals surface area contributed by atoms with Crippen molar-refractivity contribution < 1.29 is 21.6 Å². The van der Waals surface area contributed by atoms with Crippen molar-refractivity contribution in [2.24, 2.45) is 0 Å². The van der Waals surface area contributed by atoms with Gasteiger partial charge in [-0.3, -0.25) is 0 Å². The summed E-state index contributed by atoms with van der Waals surface area (Å²) in [6.07, 6.45) is -4.63. The van der Waals surface area contributed by atoms with Gasteiger partial charge in [-0.1, -0.05) is 0 Å². The van der Waals surface area contributed by atoms with Gasteiger partial charge in [-0.15, -0.1) is 10.2 Å². The third kappa shape index (κ3) is 2.36. The van der Waals surface area contributed by atoms with Gasteiger partial charge in [0.05, 0.1) is 12.6 Å². The van der Waals surface area contributed by atoms with Crippen LogP contribution in [0, 0.1) is 11.3 Å². The Hall–Kier alpha value is -1.67. The highest BCUT2D eigenvalue weighted by atomic mass is 32.2. The van der Waals surface area contributed by atoms with Crippen molar-refractivity contribution in [1.29, 1.82) is 5.26 Å². The molecule has 0 N–H and O–H groups in total. The minimum Gasteiger partial charge on any atom is -0.305 e. The Labute approximate surface area is 112 Å². The normalized spacial score (nSPS) is 18.4. The van der Waals surface area contributed by atoms with Gasteiger partial charge in [-0.2, -0.15) is 22.7 Å². The van der Waals surface area contributed by atoms with E-state index in [9.17, 15) is 21.6 Å². The molecule has 11 heteroatoms. The van der Waals surface area contributed by atoms with Gasteiger partial charge >= 0.3 is 6.18 Å². The third-order valence-corrected chi connectivity index (χ3v) is 4.99. The van der Waals surface area contributed by atoms with Gasteiger partial charge in [0.1, 0.15) is 5.82 Å². The van der Waals surface area contributed by atoms with Crippen LogP contribution in [0.3, 0.4) is 0 Å². The monoisotopic (exact) mass is 309 g/mol. The van der Waals surface area contributed by atoms with Crippen LogP contribution in [-0.2, 0) is 29.3 Å². The van der Waals surface area contributed by atoms with E-state index in [0.717, 1.165) is 8.87 Å². The SMILES string of the molecule is CC(C#N)S(=O)(=O)N1CCn2c(nnc2C(F)(F)F)C1. The molecule has 1 atom stereocenters. The Kier molecular flexibility index (Phi) is 3.47. The first kappa shape index (κ1) is 14.7. The molecule has 0 saturated carbocycles. The van der Waals surface area contributed by atoms with Crippen LogP contribution in [0.2, 0.25) is 0 Å². The number of hydrogen-bond acceptors (Lipinski definition) is 5. The molecule has 110 valence electrons. The van der Waals surface area contributed by atoms with Crippen molar-refractivity contribution in [2.45, 2.75) is 31.4 Å². The Morgan fingerprint density at radius 3 is 2.55 bits per heavy atom. The second kappa shape index (κ2) is 4.71. The summed E-state index contributed by atoms with van der Waals surface area (Å²) in [7, 11) is -3.87. The van der Waals surface area contributed by atoms with Gasteiger partial charge in [-0.25, -0.2) is 8.42 Å². The number of hydrogen-bond donors (Lipinski definition) is 0. The molecule has 7 nitrogen and oxygen atoms in total. The number of fused-ring (bicyclic) bond motifs is 1. The lowest BCUT2D eigenvalue weighted by atomic mass is 10.4. The third-order valence-electron chi connectivity index (χ3n) is 2.96. The van der Waals surface area contributed by atoms with Crippen molar-refractivity contribution in [3.63, 3.8) is 0 Å². The summed E-state index contributed by atoms with van der Waals surface area (Å²) in [6, 6.07) is 1.60. The molecule has 1 aromatic rings. The molecule has 1 aliphatic rings. The lowest BCUT2D eigenvalue weighted by Gasteiger charge is -2.27. The zero-order valence-electron chi connectivity index (χ0n) is 10.3. The van der Waals surface area contributed by atoms with E-state index in [0.29, 0.717) is 0 Å². The molecule has 20 heavy (non-hydrogen) atoms. The van der Waals surface area contributed by atoms with E-state index in [1.165, 1.54) is 6.92 Å². The van der Waals surface area contributed by atoms with Crippen molar-refractivity contribution in [3.05, 3.63) is 11.6 Å². The molecule has 1 aliphatic heterocycles. The average Bonchev–Trinajstić information content (AvgIpc) is 2.80. The highest BCUT2D eigenvalue weighted by Crippen LogP contribution is 2.30. The van der Waals surface area contributed by atoms with Gasteiger partial charge in [0.25, 0.3) is 0 Å². The fraction of sp³-hybridized carbons (Fsp3) is 0.667. The Morgan fingerprint density at radius 2 is 2.00 bits per heavy atom. The summed E-state index contributed by atoms with van der Waals surface area (Å²) in [5.74, 6) is -1.23. The molecule has 0 fully saturated rings. The number of nitriles is 1. The molecule has 0 aliphatic carbocycles. The van der Waals surface area contributed by atoms with Gasteiger partial charge in [0, 0.05) is 13.1 Å². The maximum Gasteiger partial charge on any atom is 0.451 e. The second-order valence-electron chi connectivity index (χ2n) is 4.24. The predicted molar refractivity (Wildman–Crippen MR) is 59.4 cm³/mol. The fourth-order valence-corrected chi connectivity index (χ4v) is 3.06. The highest BCUT2D eigenvalue weighted by Gasteiger charge is 2.41. The summed E-state index contributed by atoms with van der Waals surface area (Å²) in [6.45, 7) is 0.546. The minimum absolute atomic E-state index is 0.0858. The maximum atomic E-state index is 12.6. The number of nitrogens with zero attached hydrogens (tertiary/aromatic N) is 5. The number of halogens is 3. The molecule has 0 saturated heterocycles. The molecule has 0 amide bonds. The quantitative estimate of drug-likeness (QED) is 0.786. The van der Waals surface area contributed by atoms with Crippen molar-refractivity contribution in [3.8, 4) is 6.07 Å². The van der Waals surface area contributed by atoms with E-state index in [-0.39, 0.29) is 25.5 Å². The average molecular weight is 309 g/mol. The standard InChI is InChI=1S/C9H10F3N5O2S/c1-6(4-13)20(18,19)16-2-3-17-7(5-16)14-15-8(17)9(10,11)12/h6H,2-3,5H2,1H3.